The lowest BCUT2D eigenvalue weighted by molar-refractivity contribution is 0.474. The van der Waals surface area contributed by atoms with Gasteiger partial charge in [0.2, 0.25) is 20.0 Å². The van der Waals surface area contributed by atoms with Gasteiger partial charge in [-0.05, 0) is 45.0 Å². The predicted octanol–water partition coefficient (Wildman–Crippen LogP) is 0.781. The number of rotatable bonds is 8. The van der Waals surface area contributed by atoms with E-state index in [-0.39, 0.29) is 28.7 Å². The molecule has 138 valence electrons. The Morgan fingerprint density at radius 3 is 2.17 bits per heavy atom. The summed E-state index contributed by atoms with van der Waals surface area (Å²) in [6, 6.07) is 5.77. The van der Waals surface area contributed by atoms with Crippen molar-refractivity contribution in [2.24, 2.45) is 0 Å². The third kappa shape index (κ3) is 4.90. The van der Waals surface area contributed by atoms with Crippen LogP contribution in [0, 0.1) is 0 Å². The van der Waals surface area contributed by atoms with Crippen LogP contribution in [0.25, 0.3) is 0 Å². The number of hydrogen-bond acceptors (Lipinski definition) is 5. The van der Waals surface area contributed by atoms with Crippen molar-refractivity contribution in [2.45, 2.75) is 29.1 Å². The van der Waals surface area contributed by atoms with E-state index in [2.05, 4.69) is 10.0 Å². The molecule has 1 saturated heterocycles. The van der Waals surface area contributed by atoms with Crippen molar-refractivity contribution in [3.8, 4) is 0 Å². The van der Waals surface area contributed by atoms with Crippen molar-refractivity contribution in [1.82, 2.24) is 14.3 Å². The van der Waals surface area contributed by atoms with Gasteiger partial charge < -0.3 is 5.32 Å². The summed E-state index contributed by atoms with van der Waals surface area (Å²) in [6.07, 6.45) is 2.23. The van der Waals surface area contributed by atoms with Crippen LogP contribution in [0.1, 0.15) is 19.3 Å². The topological polar surface area (TPSA) is 95.6 Å². The van der Waals surface area contributed by atoms with Gasteiger partial charge in [0.25, 0.3) is 0 Å². The summed E-state index contributed by atoms with van der Waals surface area (Å²) < 4.78 is 54.1. The summed E-state index contributed by atoms with van der Waals surface area (Å²) in [5.74, 6) is 0. The van der Waals surface area contributed by atoms with Gasteiger partial charge in [0.05, 0.1) is 0 Å². The number of hydrogen-bond donors (Lipinski definition) is 2. The summed E-state index contributed by atoms with van der Waals surface area (Å²) in [4.78, 5) is -0.334. The molecule has 1 heterocycles. The minimum absolute atomic E-state index is 0. The Kier molecular flexibility index (Phi) is 8.10. The Labute approximate surface area is 150 Å². The Morgan fingerprint density at radius 2 is 1.58 bits per heavy atom. The average molecular weight is 398 g/mol. The second-order valence-electron chi connectivity index (χ2n) is 5.41. The first-order valence-corrected chi connectivity index (χ1v) is 10.6. The molecule has 0 aromatic heterocycles. The smallest absolute Gasteiger partial charge is 0.244 e. The summed E-state index contributed by atoms with van der Waals surface area (Å²) in [6.45, 7) is 1.80. The maximum Gasteiger partial charge on any atom is 0.244 e. The van der Waals surface area contributed by atoms with Crippen molar-refractivity contribution in [3.05, 3.63) is 24.3 Å². The van der Waals surface area contributed by atoms with Crippen LogP contribution in [-0.4, -0.2) is 54.4 Å². The van der Waals surface area contributed by atoms with Gasteiger partial charge in [-0.3, -0.25) is 0 Å². The molecule has 7 nitrogen and oxygen atoms in total. The highest BCUT2D eigenvalue weighted by Crippen LogP contribution is 2.26. The van der Waals surface area contributed by atoms with E-state index in [1.54, 1.807) is 13.1 Å². The lowest BCUT2D eigenvalue weighted by atomic mass is 10.4. The van der Waals surface area contributed by atoms with Gasteiger partial charge >= 0.3 is 0 Å². The van der Waals surface area contributed by atoms with Gasteiger partial charge in [-0.15, -0.1) is 12.4 Å². The van der Waals surface area contributed by atoms with Crippen molar-refractivity contribution in [2.75, 3.05) is 33.2 Å². The van der Waals surface area contributed by atoms with Gasteiger partial charge in [-0.25, -0.2) is 21.6 Å². The van der Waals surface area contributed by atoms with E-state index in [1.807, 2.05) is 0 Å². The van der Waals surface area contributed by atoms with Crippen molar-refractivity contribution in [3.63, 3.8) is 0 Å². The van der Waals surface area contributed by atoms with Gasteiger partial charge in [0.15, 0.2) is 0 Å². The first-order chi connectivity index (χ1) is 10.9. The molecular weight excluding hydrogens is 374 g/mol. The lowest BCUT2D eigenvalue weighted by Crippen LogP contribution is -2.32. The molecule has 0 saturated carbocycles. The molecule has 1 aliphatic heterocycles. The molecule has 0 atom stereocenters. The molecule has 1 aliphatic rings. The molecule has 24 heavy (non-hydrogen) atoms. The van der Waals surface area contributed by atoms with Crippen LogP contribution in [0.15, 0.2) is 34.1 Å². The number of benzene rings is 1. The zero-order valence-corrected chi connectivity index (χ0v) is 16.0. The fourth-order valence-electron chi connectivity index (χ4n) is 2.50. The van der Waals surface area contributed by atoms with Crippen LogP contribution in [0.5, 0.6) is 0 Å². The van der Waals surface area contributed by atoms with E-state index in [4.69, 9.17) is 0 Å². The van der Waals surface area contributed by atoms with Crippen LogP contribution in [0.3, 0.4) is 0 Å². The molecule has 0 spiro atoms. The number of sulfonamides is 2. The van der Waals surface area contributed by atoms with E-state index < -0.39 is 20.0 Å². The quantitative estimate of drug-likeness (QED) is 0.632. The fourth-order valence-corrected chi connectivity index (χ4v) is 5.90. The Bertz CT molecular complexity index is 732. The zero-order chi connectivity index (χ0) is 16.9. The molecule has 1 aromatic carbocycles. The van der Waals surface area contributed by atoms with E-state index >= 15 is 0 Å². The van der Waals surface area contributed by atoms with Gasteiger partial charge in [-0.1, -0.05) is 12.1 Å². The molecule has 10 heteroatoms. The summed E-state index contributed by atoms with van der Waals surface area (Å²) >= 11 is 0. The third-order valence-electron chi connectivity index (χ3n) is 3.72. The van der Waals surface area contributed by atoms with Crippen LogP contribution >= 0.6 is 12.4 Å². The summed E-state index contributed by atoms with van der Waals surface area (Å²) in [5.41, 5.74) is 0. The largest absolute Gasteiger partial charge is 0.320 e. The molecule has 1 aromatic rings. The SMILES string of the molecule is CNCCCNS(=O)(=O)c1ccccc1S(=O)(=O)N1CCCC1.Cl. The van der Waals surface area contributed by atoms with Crippen LogP contribution in [0.4, 0.5) is 0 Å². The van der Waals surface area contributed by atoms with Crippen molar-refractivity contribution in [1.29, 1.82) is 0 Å². The lowest BCUT2D eigenvalue weighted by Gasteiger charge is -2.18. The minimum atomic E-state index is -3.87. The normalized spacial score (nSPS) is 16.0. The Balaban J connectivity index is 0.00000288. The van der Waals surface area contributed by atoms with Gasteiger partial charge in [-0.2, -0.15) is 4.31 Å². The third-order valence-corrected chi connectivity index (χ3v) is 7.32. The van der Waals surface area contributed by atoms with E-state index in [0.29, 0.717) is 26.1 Å². The van der Waals surface area contributed by atoms with E-state index in [1.165, 1.54) is 22.5 Å². The maximum absolute atomic E-state index is 12.7. The molecule has 0 unspecified atom stereocenters. The maximum atomic E-state index is 12.7. The highest BCUT2D eigenvalue weighted by Gasteiger charge is 2.32. The van der Waals surface area contributed by atoms with Crippen LogP contribution in [-0.2, 0) is 20.0 Å². The first-order valence-electron chi connectivity index (χ1n) is 7.63. The number of halogens is 1. The Morgan fingerprint density at radius 1 is 1.00 bits per heavy atom. The van der Waals surface area contributed by atoms with E-state index in [0.717, 1.165) is 12.8 Å². The fraction of sp³-hybridized carbons (Fsp3) is 0.571. The standard InChI is InChI=1S/C14H23N3O4S2.ClH/c1-15-9-6-10-16-22(18,19)13-7-2-3-8-14(13)23(20,21)17-11-4-5-12-17;/h2-3,7-8,15-16H,4-6,9-12H2,1H3;1H. The highest BCUT2D eigenvalue weighted by atomic mass is 35.5. The Hall–Kier alpha value is -0.710. The molecular formula is C14H24ClN3O4S2. The zero-order valence-electron chi connectivity index (χ0n) is 13.6. The van der Waals surface area contributed by atoms with Gasteiger partial charge in [0.1, 0.15) is 9.79 Å². The second kappa shape index (κ2) is 9.12. The second-order valence-corrected chi connectivity index (χ2v) is 9.05. The molecule has 2 N–H and O–H groups in total. The minimum Gasteiger partial charge on any atom is -0.320 e. The van der Waals surface area contributed by atoms with Gasteiger partial charge in [0, 0.05) is 19.6 Å². The molecule has 0 radical (unpaired) electrons. The molecule has 0 amide bonds. The van der Waals surface area contributed by atoms with Crippen molar-refractivity contribution < 1.29 is 16.8 Å². The number of nitrogens with one attached hydrogen (secondary N) is 2. The monoisotopic (exact) mass is 397 g/mol. The van der Waals surface area contributed by atoms with Crippen LogP contribution < -0.4 is 10.0 Å². The molecule has 1 fully saturated rings. The molecule has 0 aliphatic carbocycles. The summed E-state index contributed by atoms with van der Waals surface area (Å²) in [5, 5.41) is 2.93. The molecule has 2 rings (SSSR count). The molecule has 0 bridgehead atoms. The summed E-state index contributed by atoms with van der Waals surface area (Å²) in [7, 11) is -5.87. The van der Waals surface area contributed by atoms with E-state index in [9.17, 15) is 16.8 Å². The van der Waals surface area contributed by atoms with Crippen LogP contribution in [0.2, 0.25) is 0 Å². The first kappa shape index (κ1) is 21.3. The highest BCUT2D eigenvalue weighted by molar-refractivity contribution is 7.92. The average Bonchev–Trinajstić information content (AvgIpc) is 3.07. The predicted molar refractivity (Wildman–Crippen MR) is 95.4 cm³/mol. The van der Waals surface area contributed by atoms with Crippen molar-refractivity contribution >= 4 is 32.5 Å². The number of nitrogens with zero attached hydrogens (tertiary/aromatic N) is 1.